The fraction of sp³-hybridized carbons (Fsp3) is 0.304. The number of benzene rings is 2. The number of ether oxygens (including phenoxy) is 5. The first kappa shape index (κ1) is 23.0. The number of carbonyl (C=O) groups is 2. The van der Waals surface area contributed by atoms with Crippen LogP contribution in [-0.2, 0) is 4.79 Å². The third-order valence-electron chi connectivity index (χ3n) is 4.71. The van der Waals surface area contributed by atoms with Crippen LogP contribution in [0.15, 0.2) is 36.1 Å². The number of allylic oxidation sites excluding steroid dienone is 1. The molecule has 0 radical (unpaired) electrons. The Labute approximate surface area is 185 Å². The van der Waals surface area contributed by atoms with Crippen LogP contribution in [-0.4, -0.2) is 57.4 Å². The van der Waals surface area contributed by atoms with E-state index in [-0.39, 0.29) is 36.7 Å². The topological polar surface area (TPSA) is 113 Å². The summed E-state index contributed by atoms with van der Waals surface area (Å²) in [7, 11) is 4.51. The molecule has 1 aliphatic heterocycles. The summed E-state index contributed by atoms with van der Waals surface area (Å²) < 4.78 is 27.3. The standard InChI is InChI=1S/C23H25NO8/c1-13(11-25)24-20(26)12-31-15-6-7-16-18(10-15)32-19(21(16)27)9-14-5-8-17(28-2)23(30-4)22(14)29-3/h5-10,13,25H,11-12H2,1-4H3,(H,24,26)/b19-9-/t13-/m0/s1. The Bertz CT molecular complexity index is 1050. The van der Waals surface area contributed by atoms with Gasteiger partial charge in [-0.1, -0.05) is 0 Å². The van der Waals surface area contributed by atoms with E-state index >= 15 is 0 Å². The number of ketones is 1. The SMILES string of the molecule is COc1ccc(/C=C2\Oc3cc(OCC(=O)N[C@@H](C)CO)ccc3C2=O)c(OC)c1OC. The van der Waals surface area contributed by atoms with Gasteiger partial charge >= 0.3 is 0 Å². The quantitative estimate of drug-likeness (QED) is 0.568. The van der Waals surface area contributed by atoms with E-state index in [1.807, 2.05) is 0 Å². The molecule has 1 amide bonds. The van der Waals surface area contributed by atoms with Crippen molar-refractivity contribution in [2.45, 2.75) is 13.0 Å². The van der Waals surface area contributed by atoms with Crippen molar-refractivity contribution in [1.82, 2.24) is 5.32 Å². The maximum Gasteiger partial charge on any atom is 0.258 e. The maximum absolute atomic E-state index is 12.8. The molecule has 170 valence electrons. The van der Waals surface area contributed by atoms with Gasteiger partial charge in [-0.05, 0) is 37.3 Å². The second kappa shape index (κ2) is 10.1. The second-order valence-corrected chi connectivity index (χ2v) is 6.96. The molecule has 0 spiro atoms. The molecule has 0 fully saturated rings. The summed E-state index contributed by atoms with van der Waals surface area (Å²) in [5.41, 5.74) is 0.953. The molecule has 9 nitrogen and oxygen atoms in total. The largest absolute Gasteiger partial charge is 0.493 e. The Balaban J connectivity index is 1.79. The Morgan fingerprint density at radius 1 is 1.12 bits per heavy atom. The van der Waals surface area contributed by atoms with Gasteiger partial charge in [0.15, 0.2) is 23.9 Å². The average Bonchev–Trinajstić information content (AvgIpc) is 3.11. The van der Waals surface area contributed by atoms with E-state index in [0.29, 0.717) is 39.9 Å². The molecule has 1 aliphatic rings. The van der Waals surface area contributed by atoms with Gasteiger partial charge in [-0.2, -0.15) is 0 Å². The minimum Gasteiger partial charge on any atom is -0.493 e. The van der Waals surface area contributed by atoms with E-state index < -0.39 is 0 Å². The van der Waals surface area contributed by atoms with Crippen molar-refractivity contribution in [1.29, 1.82) is 0 Å². The summed E-state index contributed by atoms with van der Waals surface area (Å²) in [4.78, 5) is 24.6. The number of nitrogens with one attached hydrogen (secondary N) is 1. The predicted molar refractivity (Wildman–Crippen MR) is 116 cm³/mol. The van der Waals surface area contributed by atoms with Gasteiger partial charge in [-0.15, -0.1) is 0 Å². The van der Waals surface area contributed by atoms with Gasteiger partial charge in [-0.25, -0.2) is 0 Å². The Hall–Kier alpha value is -3.72. The number of aliphatic hydroxyl groups is 1. The lowest BCUT2D eigenvalue weighted by Gasteiger charge is -2.14. The summed E-state index contributed by atoms with van der Waals surface area (Å²) >= 11 is 0. The molecule has 0 bridgehead atoms. The fourth-order valence-electron chi connectivity index (χ4n) is 3.15. The number of hydrogen-bond acceptors (Lipinski definition) is 8. The zero-order chi connectivity index (χ0) is 23.3. The van der Waals surface area contributed by atoms with Crippen molar-refractivity contribution < 1.29 is 38.4 Å². The normalized spacial score (nSPS) is 14.4. The smallest absolute Gasteiger partial charge is 0.258 e. The summed E-state index contributed by atoms with van der Waals surface area (Å²) in [5, 5.41) is 11.6. The highest BCUT2D eigenvalue weighted by Crippen LogP contribution is 2.42. The van der Waals surface area contributed by atoms with Crippen molar-refractivity contribution in [3.63, 3.8) is 0 Å². The molecule has 9 heteroatoms. The van der Waals surface area contributed by atoms with E-state index in [0.717, 1.165) is 0 Å². The Morgan fingerprint density at radius 2 is 1.88 bits per heavy atom. The molecule has 3 rings (SSSR count). The lowest BCUT2D eigenvalue weighted by molar-refractivity contribution is -0.124. The lowest BCUT2D eigenvalue weighted by atomic mass is 10.1. The fourth-order valence-corrected chi connectivity index (χ4v) is 3.15. The van der Waals surface area contributed by atoms with Crippen LogP contribution in [0.25, 0.3) is 6.08 Å². The highest BCUT2D eigenvalue weighted by Gasteiger charge is 2.29. The van der Waals surface area contributed by atoms with Crippen molar-refractivity contribution >= 4 is 17.8 Å². The van der Waals surface area contributed by atoms with Crippen LogP contribution in [0.4, 0.5) is 0 Å². The van der Waals surface area contributed by atoms with Gasteiger partial charge in [-0.3, -0.25) is 9.59 Å². The Kier molecular flexibility index (Phi) is 7.21. The van der Waals surface area contributed by atoms with Crippen molar-refractivity contribution in [3.8, 4) is 28.7 Å². The van der Waals surface area contributed by atoms with Gasteiger partial charge < -0.3 is 34.1 Å². The molecular weight excluding hydrogens is 418 g/mol. The van der Waals surface area contributed by atoms with Crippen LogP contribution in [0, 0.1) is 0 Å². The minimum atomic E-state index is -0.370. The second-order valence-electron chi connectivity index (χ2n) is 6.96. The van der Waals surface area contributed by atoms with Crippen LogP contribution in [0.1, 0.15) is 22.8 Å². The average molecular weight is 443 g/mol. The van der Waals surface area contributed by atoms with Crippen LogP contribution < -0.4 is 29.0 Å². The summed E-state index contributed by atoms with van der Waals surface area (Å²) in [5.74, 6) is 1.43. The number of fused-ring (bicyclic) bond motifs is 1. The number of rotatable bonds is 9. The number of Topliss-reactive ketones (excluding diaryl/α,β-unsaturated/α-hetero) is 1. The van der Waals surface area contributed by atoms with Gasteiger partial charge in [0, 0.05) is 17.7 Å². The molecular formula is C23H25NO8. The zero-order valence-electron chi connectivity index (χ0n) is 18.3. The minimum absolute atomic E-state index is 0.109. The zero-order valence-corrected chi connectivity index (χ0v) is 18.3. The Morgan fingerprint density at radius 3 is 2.53 bits per heavy atom. The first-order valence-corrected chi connectivity index (χ1v) is 9.82. The maximum atomic E-state index is 12.8. The van der Waals surface area contributed by atoms with Crippen LogP contribution in [0.3, 0.4) is 0 Å². The van der Waals surface area contributed by atoms with Crippen molar-refractivity contribution in [2.75, 3.05) is 34.5 Å². The van der Waals surface area contributed by atoms with Gasteiger partial charge in [0.2, 0.25) is 11.5 Å². The number of amides is 1. The molecule has 1 heterocycles. The summed E-state index contributed by atoms with van der Waals surface area (Å²) in [6, 6.07) is 7.77. The van der Waals surface area contributed by atoms with Crippen LogP contribution in [0.5, 0.6) is 28.7 Å². The molecule has 2 aromatic carbocycles. The molecule has 0 saturated heterocycles. The monoisotopic (exact) mass is 443 g/mol. The van der Waals surface area contributed by atoms with E-state index in [1.165, 1.54) is 21.3 Å². The highest BCUT2D eigenvalue weighted by molar-refractivity contribution is 6.14. The highest BCUT2D eigenvalue weighted by atomic mass is 16.5. The molecule has 0 aromatic heterocycles. The van der Waals surface area contributed by atoms with Crippen LogP contribution in [0.2, 0.25) is 0 Å². The van der Waals surface area contributed by atoms with Gasteiger partial charge in [0.05, 0.1) is 33.5 Å². The number of methoxy groups -OCH3 is 3. The lowest BCUT2D eigenvalue weighted by Crippen LogP contribution is -2.38. The molecule has 0 aliphatic carbocycles. The van der Waals surface area contributed by atoms with Gasteiger partial charge in [0.1, 0.15) is 11.5 Å². The van der Waals surface area contributed by atoms with E-state index in [9.17, 15) is 9.59 Å². The number of hydrogen-bond donors (Lipinski definition) is 2. The van der Waals surface area contributed by atoms with E-state index in [2.05, 4.69) is 5.32 Å². The number of aliphatic hydroxyl groups excluding tert-OH is 1. The van der Waals surface area contributed by atoms with E-state index in [4.69, 9.17) is 28.8 Å². The summed E-state index contributed by atoms with van der Waals surface area (Å²) in [6.45, 7) is 1.27. The van der Waals surface area contributed by atoms with Gasteiger partial charge in [0.25, 0.3) is 5.91 Å². The molecule has 2 N–H and O–H groups in total. The first-order chi connectivity index (χ1) is 15.4. The van der Waals surface area contributed by atoms with E-state index in [1.54, 1.807) is 43.3 Å². The first-order valence-electron chi connectivity index (χ1n) is 9.82. The summed E-state index contributed by atoms with van der Waals surface area (Å²) in [6.07, 6.45) is 1.56. The van der Waals surface area contributed by atoms with Crippen molar-refractivity contribution in [2.24, 2.45) is 0 Å². The van der Waals surface area contributed by atoms with Crippen molar-refractivity contribution in [3.05, 3.63) is 47.2 Å². The third-order valence-corrected chi connectivity index (χ3v) is 4.71. The molecule has 0 unspecified atom stereocenters. The molecule has 0 saturated carbocycles. The predicted octanol–water partition coefficient (Wildman–Crippen LogP) is 2.20. The number of carbonyl (C=O) groups excluding carboxylic acids is 2. The molecule has 1 atom stereocenters. The third kappa shape index (κ3) is 4.78. The molecule has 2 aromatic rings. The van der Waals surface area contributed by atoms with Crippen LogP contribution >= 0.6 is 0 Å². The molecule has 32 heavy (non-hydrogen) atoms.